The van der Waals surface area contributed by atoms with E-state index in [0.29, 0.717) is 18.5 Å². The number of fused-ring (bicyclic) bond motifs is 4. The Kier molecular flexibility index (Phi) is 6.20. The van der Waals surface area contributed by atoms with Crippen molar-refractivity contribution in [3.8, 4) is 5.75 Å². The highest BCUT2D eigenvalue weighted by Crippen LogP contribution is 2.27. The molecule has 1 amide bonds. The van der Waals surface area contributed by atoms with Gasteiger partial charge in [0.1, 0.15) is 12.4 Å². The fraction of sp³-hybridized carbons (Fsp3) is 0.667. The lowest BCUT2D eigenvalue weighted by Gasteiger charge is -2.36. The Labute approximate surface area is 157 Å². The van der Waals surface area contributed by atoms with Crippen LogP contribution in [-0.4, -0.2) is 80.1 Å². The largest absolute Gasteiger partial charge is 0.492 e. The zero-order valence-corrected chi connectivity index (χ0v) is 16.7. The van der Waals surface area contributed by atoms with Crippen molar-refractivity contribution in [2.75, 3.05) is 53.4 Å². The maximum Gasteiger partial charge on any atom is 0.236 e. The van der Waals surface area contributed by atoms with Crippen molar-refractivity contribution in [2.24, 2.45) is 5.92 Å². The van der Waals surface area contributed by atoms with Crippen LogP contribution >= 0.6 is 0 Å². The van der Waals surface area contributed by atoms with E-state index in [1.54, 1.807) is 4.90 Å². The number of amides is 1. The van der Waals surface area contributed by atoms with E-state index in [9.17, 15) is 4.79 Å². The van der Waals surface area contributed by atoms with Crippen molar-refractivity contribution in [1.29, 1.82) is 0 Å². The molecule has 3 aliphatic rings. The Morgan fingerprint density at radius 3 is 2.69 bits per heavy atom. The summed E-state index contributed by atoms with van der Waals surface area (Å²) in [5, 5.41) is 0. The molecule has 1 aromatic rings. The molecule has 3 heterocycles. The van der Waals surface area contributed by atoms with Gasteiger partial charge in [-0.25, -0.2) is 0 Å². The Bertz CT molecular complexity index is 632. The van der Waals surface area contributed by atoms with Crippen LogP contribution in [0, 0.1) is 19.8 Å². The van der Waals surface area contributed by atoms with E-state index in [1.165, 1.54) is 24.0 Å². The van der Waals surface area contributed by atoms with Gasteiger partial charge < -0.3 is 9.64 Å². The van der Waals surface area contributed by atoms with Crippen molar-refractivity contribution in [3.05, 3.63) is 29.3 Å². The number of rotatable bonds is 6. The molecule has 0 unspecified atom stereocenters. The zero-order valence-electron chi connectivity index (χ0n) is 16.7. The van der Waals surface area contributed by atoms with Crippen LogP contribution in [0.5, 0.6) is 5.75 Å². The number of hydrogen-bond acceptors (Lipinski definition) is 4. The summed E-state index contributed by atoms with van der Waals surface area (Å²) in [6, 6.07) is 6.86. The molecular formula is C21H33N3O2. The third kappa shape index (κ3) is 4.77. The number of benzene rings is 1. The van der Waals surface area contributed by atoms with Crippen LogP contribution in [0.1, 0.15) is 24.0 Å². The molecule has 0 radical (unpaired) electrons. The Balaban J connectivity index is 1.51. The lowest BCUT2D eigenvalue weighted by atomic mass is 9.95. The standard InChI is InChI=1S/C21H33N3O2/c1-16-5-8-20(11-17(16)2)26-10-9-24-13-18-6-7-19(24)14-23(12-18)15-21(25)22(3)4/h5,8,11,18-19H,6-7,9-10,12-15H2,1-4H3/t18-,19+/m0/s1. The number of ether oxygens (including phenoxy) is 1. The van der Waals surface area contributed by atoms with Gasteiger partial charge in [-0.15, -0.1) is 0 Å². The molecule has 3 fully saturated rings. The highest BCUT2D eigenvalue weighted by Gasteiger charge is 2.35. The summed E-state index contributed by atoms with van der Waals surface area (Å²) in [5.41, 5.74) is 2.58. The lowest BCUT2D eigenvalue weighted by Crippen LogP contribution is -2.46. The second-order valence-electron chi connectivity index (χ2n) is 8.17. The first-order chi connectivity index (χ1) is 12.4. The summed E-state index contributed by atoms with van der Waals surface area (Å²) in [7, 11) is 3.68. The van der Waals surface area contributed by atoms with E-state index in [4.69, 9.17) is 4.74 Å². The van der Waals surface area contributed by atoms with Crippen molar-refractivity contribution in [3.63, 3.8) is 0 Å². The van der Waals surface area contributed by atoms with Crippen LogP contribution in [0.3, 0.4) is 0 Å². The summed E-state index contributed by atoms with van der Waals surface area (Å²) >= 11 is 0. The average Bonchev–Trinajstić information content (AvgIpc) is 2.88. The van der Waals surface area contributed by atoms with Gasteiger partial charge in [0.25, 0.3) is 0 Å². The Morgan fingerprint density at radius 1 is 1.15 bits per heavy atom. The predicted octanol–water partition coefficient (Wildman–Crippen LogP) is 2.17. The second kappa shape index (κ2) is 8.40. The first-order valence-electron chi connectivity index (χ1n) is 9.79. The molecule has 0 spiro atoms. The first-order valence-corrected chi connectivity index (χ1v) is 9.79. The number of likely N-dealkylation sites (N-methyl/N-ethyl adjacent to an activating group) is 1. The van der Waals surface area contributed by atoms with Crippen molar-refractivity contribution >= 4 is 5.91 Å². The maximum absolute atomic E-state index is 12.1. The number of piperidine rings is 1. The van der Waals surface area contributed by atoms with Gasteiger partial charge in [0.05, 0.1) is 6.54 Å². The number of carbonyl (C=O) groups excluding carboxylic acids is 1. The van der Waals surface area contributed by atoms with E-state index in [1.807, 2.05) is 14.1 Å². The smallest absolute Gasteiger partial charge is 0.236 e. The van der Waals surface area contributed by atoms with Crippen LogP contribution < -0.4 is 4.74 Å². The molecule has 0 N–H and O–H groups in total. The molecule has 2 atom stereocenters. The summed E-state index contributed by atoms with van der Waals surface area (Å²) in [4.78, 5) is 18.7. The van der Waals surface area contributed by atoms with Gasteiger partial charge in [-0.2, -0.15) is 0 Å². The minimum atomic E-state index is 0.205. The molecule has 1 aromatic carbocycles. The third-order valence-corrected chi connectivity index (χ3v) is 5.89. The molecular weight excluding hydrogens is 326 g/mol. The molecule has 5 nitrogen and oxygen atoms in total. The fourth-order valence-corrected chi connectivity index (χ4v) is 4.10. The second-order valence-corrected chi connectivity index (χ2v) is 8.17. The van der Waals surface area contributed by atoms with E-state index >= 15 is 0 Å². The van der Waals surface area contributed by atoms with Crippen molar-refractivity contribution < 1.29 is 9.53 Å². The average molecular weight is 360 g/mol. The van der Waals surface area contributed by atoms with Gasteiger partial charge in [0.2, 0.25) is 5.91 Å². The van der Waals surface area contributed by atoms with Gasteiger partial charge in [-0.1, -0.05) is 6.07 Å². The van der Waals surface area contributed by atoms with Gasteiger partial charge >= 0.3 is 0 Å². The van der Waals surface area contributed by atoms with Crippen LogP contribution in [0.15, 0.2) is 18.2 Å². The maximum atomic E-state index is 12.1. The van der Waals surface area contributed by atoms with E-state index in [-0.39, 0.29) is 5.91 Å². The molecule has 2 bridgehead atoms. The lowest BCUT2D eigenvalue weighted by molar-refractivity contribution is -0.130. The molecule has 144 valence electrons. The third-order valence-electron chi connectivity index (χ3n) is 5.89. The van der Waals surface area contributed by atoms with E-state index < -0.39 is 0 Å². The minimum absolute atomic E-state index is 0.205. The molecule has 0 saturated carbocycles. The highest BCUT2D eigenvalue weighted by molar-refractivity contribution is 5.77. The molecule has 5 heteroatoms. The van der Waals surface area contributed by atoms with Gasteiger partial charge in [-0.3, -0.25) is 14.6 Å². The summed E-state index contributed by atoms with van der Waals surface area (Å²) in [5.74, 6) is 1.84. The number of nitrogens with zero attached hydrogens (tertiary/aromatic N) is 3. The fourth-order valence-electron chi connectivity index (χ4n) is 4.10. The molecule has 0 aromatic heterocycles. The quantitative estimate of drug-likeness (QED) is 0.780. The number of aryl methyl sites for hydroxylation is 2. The van der Waals surface area contributed by atoms with Crippen molar-refractivity contribution in [2.45, 2.75) is 32.7 Å². The monoisotopic (exact) mass is 359 g/mol. The summed E-state index contributed by atoms with van der Waals surface area (Å²) in [6.07, 6.45) is 2.52. The summed E-state index contributed by atoms with van der Waals surface area (Å²) in [6.45, 7) is 9.66. The molecule has 0 aliphatic carbocycles. The zero-order chi connectivity index (χ0) is 18.7. The Morgan fingerprint density at radius 2 is 1.96 bits per heavy atom. The number of hydrogen-bond donors (Lipinski definition) is 0. The van der Waals surface area contributed by atoms with Gasteiger partial charge in [0.15, 0.2) is 0 Å². The Hall–Kier alpha value is -1.59. The van der Waals surface area contributed by atoms with Crippen LogP contribution in [0.4, 0.5) is 0 Å². The van der Waals surface area contributed by atoms with Crippen LogP contribution in [0.2, 0.25) is 0 Å². The molecule has 3 aliphatic heterocycles. The normalized spacial score (nSPS) is 23.7. The van der Waals surface area contributed by atoms with Crippen LogP contribution in [0.25, 0.3) is 0 Å². The molecule has 4 rings (SSSR count). The highest BCUT2D eigenvalue weighted by atomic mass is 16.5. The van der Waals surface area contributed by atoms with Crippen molar-refractivity contribution in [1.82, 2.24) is 14.7 Å². The van der Waals surface area contributed by atoms with Crippen LogP contribution in [-0.2, 0) is 4.79 Å². The molecule has 3 saturated heterocycles. The number of carbonyl (C=O) groups is 1. The first kappa shape index (κ1) is 19.2. The van der Waals surface area contributed by atoms with E-state index in [2.05, 4.69) is 41.8 Å². The SMILES string of the molecule is Cc1ccc(OCCN2C[C@H]3CC[C@@H]2CN(CC(=O)N(C)C)C3)cc1C. The van der Waals surface area contributed by atoms with Gasteiger partial charge in [-0.05, 0) is 55.9 Å². The van der Waals surface area contributed by atoms with E-state index in [0.717, 1.165) is 38.5 Å². The predicted molar refractivity (Wildman–Crippen MR) is 105 cm³/mol. The van der Waals surface area contributed by atoms with Gasteiger partial charge in [0, 0.05) is 46.3 Å². The minimum Gasteiger partial charge on any atom is -0.492 e. The topological polar surface area (TPSA) is 36.0 Å². The molecule has 26 heavy (non-hydrogen) atoms. The summed E-state index contributed by atoms with van der Waals surface area (Å²) < 4.78 is 6.00.